The number of nitrogen functional groups attached to an aromatic ring is 1. The molecule has 1 saturated heterocycles. The molecule has 12 nitrogen and oxygen atoms in total. The molecular formula is C30H34N10O2. The van der Waals surface area contributed by atoms with Gasteiger partial charge >= 0.3 is 0 Å². The Morgan fingerprint density at radius 3 is 2.45 bits per heavy atom. The highest BCUT2D eigenvalue weighted by atomic mass is 16.4. The largest absolute Gasteiger partial charge is 0.423 e. The minimum atomic E-state index is -0.553. The van der Waals surface area contributed by atoms with E-state index in [1.807, 2.05) is 24.3 Å². The number of piperazine rings is 1. The smallest absolute Gasteiger partial charge is 0.300 e. The Kier molecular flexibility index (Phi) is 6.71. The van der Waals surface area contributed by atoms with E-state index in [1.165, 1.54) is 6.33 Å². The first-order chi connectivity index (χ1) is 20.4. The Labute approximate surface area is 242 Å². The van der Waals surface area contributed by atoms with Gasteiger partial charge in [-0.05, 0) is 57.0 Å². The molecule has 42 heavy (non-hydrogen) atoms. The standard InChI is InChI=1S/C30H34N10O2/c1-38-13-15-39(16-14-38)20-9-11-21(12-10-20)40-29-24(27(31)33-17-34-29)25(37-40)18-5-7-19(8-6-18)35-30-36-26-22(28(32)41)3-2-4-23(26)42-30/h2-8,17,20-21H,9-16H2,1H3,(H2,32,41)(H,35,36)(H2,31,33,34). The molecule has 0 spiro atoms. The summed E-state index contributed by atoms with van der Waals surface area (Å²) in [6, 6.07) is 14.1. The van der Waals surface area contributed by atoms with Gasteiger partial charge in [0, 0.05) is 43.5 Å². The monoisotopic (exact) mass is 566 g/mol. The van der Waals surface area contributed by atoms with E-state index in [2.05, 4.69) is 41.8 Å². The third kappa shape index (κ3) is 4.82. The number of oxazole rings is 1. The quantitative estimate of drug-likeness (QED) is 0.276. The van der Waals surface area contributed by atoms with Crippen LogP contribution in [-0.4, -0.2) is 79.7 Å². The first-order valence-corrected chi connectivity index (χ1v) is 14.4. The maximum atomic E-state index is 11.8. The predicted molar refractivity (Wildman–Crippen MR) is 161 cm³/mol. The van der Waals surface area contributed by atoms with Gasteiger partial charge in [0.05, 0.1) is 17.0 Å². The molecule has 4 heterocycles. The molecule has 0 bridgehead atoms. The topological polar surface area (TPSA) is 157 Å². The van der Waals surface area contributed by atoms with Crippen molar-refractivity contribution in [2.24, 2.45) is 5.73 Å². The molecule has 2 aromatic carbocycles. The third-order valence-corrected chi connectivity index (χ3v) is 8.68. The molecule has 2 fully saturated rings. The van der Waals surface area contributed by atoms with Crippen LogP contribution < -0.4 is 16.8 Å². The normalized spacial score (nSPS) is 20.3. The fraction of sp³-hybridized carbons (Fsp3) is 0.367. The molecule has 12 heteroatoms. The van der Waals surface area contributed by atoms with Crippen LogP contribution in [-0.2, 0) is 0 Å². The van der Waals surface area contributed by atoms with Crippen LogP contribution in [0.2, 0.25) is 0 Å². The SMILES string of the molecule is CN1CCN(C2CCC(n3nc(-c4ccc(Nc5nc6c(C(N)=O)cccc6o5)cc4)c4c(N)ncnc43)CC2)CC1. The summed E-state index contributed by atoms with van der Waals surface area (Å²) in [5.41, 5.74) is 16.3. The van der Waals surface area contributed by atoms with E-state index in [0.717, 1.165) is 79.8 Å². The van der Waals surface area contributed by atoms with Crippen molar-refractivity contribution in [2.45, 2.75) is 37.8 Å². The summed E-state index contributed by atoms with van der Waals surface area (Å²) in [7, 11) is 2.20. The lowest BCUT2D eigenvalue weighted by atomic mass is 9.90. The number of nitrogens with one attached hydrogen (secondary N) is 1. The predicted octanol–water partition coefficient (Wildman–Crippen LogP) is 3.79. The number of aromatic nitrogens is 5. The number of fused-ring (bicyclic) bond motifs is 2. The number of nitrogens with two attached hydrogens (primary N) is 2. The zero-order valence-electron chi connectivity index (χ0n) is 23.5. The molecule has 7 rings (SSSR count). The molecule has 2 aliphatic rings. The molecular weight excluding hydrogens is 532 g/mol. The van der Waals surface area contributed by atoms with Crippen molar-refractivity contribution in [2.75, 3.05) is 44.3 Å². The molecule has 0 radical (unpaired) electrons. The molecule has 216 valence electrons. The summed E-state index contributed by atoms with van der Waals surface area (Å²) in [6.45, 7) is 4.58. The first-order valence-electron chi connectivity index (χ1n) is 14.4. The van der Waals surface area contributed by atoms with Gasteiger partial charge in [0.15, 0.2) is 11.2 Å². The number of rotatable bonds is 6. The molecule has 5 aromatic rings. The maximum Gasteiger partial charge on any atom is 0.300 e. The minimum Gasteiger partial charge on any atom is -0.423 e. The van der Waals surface area contributed by atoms with Gasteiger partial charge in [-0.25, -0.2) is 14.6 Å². The van der Waals surface area contributed by atoms with Crippen LogP contribution in [0.4, 0.5) is 17.5 Å². The number of primary amides is 1. The number of amides is 1. The lowest BCUT2D eigenvalue weighted by molar-refractivity contribution is 0.0815. The van der Waals surface area contributed by atoms with Gasteiger partial charge in [0.2, 0.25) is 0 Å². The summed E-state index contributed by atoms with van der Waals surface area (Å²) >= 11 is 0. The molecule has 0 atom stereocenters. The van der Waals surface area contributed by atoms with Gasteiger partial charge in [0.25, 0.3) is 11.9 Å². The zero-order valence-corrected chi connectivity index (χ0v) is 23.5. The summed E-state index contributed by atoms with van der Waals surface area (Å²) in [6.07, 6.45) is 5.95. The third-order valence-electron chi connectivity index (χ3n) is 8.68. The Balaban J connectivity index is 1.12. The van der Waals surface area contributed by atoms with E-state index in [9.17, 15) is 4.79 Å². The summed E-state index contributed by atoms with van der Waals surface area (Å²) in [4.78, 5) is 30.2. The molecule has 5 N–H and O–H groups in total. The van der Waals surface area contributed by atoms with E-state index >= 15 is 0 Å². The van der Waals surface area contributed by atoms with Crippen molar-refractivity contribution in [3.63, 3.8) is 0 Å². The first kappa shape index (κ1) is 26.4. The Morgan fingerprint density at radius 2 is 1.71 bits per heavy atom. The van der Waals surface area contributed by atoms with Crippen molar-refractivity contribution >= 4 is 45.6 Å². The highest BCUT2D eigenvalue weighted by Gasteiger charge is 2.30. The second-order valence-corrected chi connectivity index (χ2v) is 11.3. The molecule has 1 aliphatic carbocycles. The minimum absolute atomic E-state index is 0.268. The van der Waals surface area contributed by atoms with Gasteiger partial charge < -0.3 is 26.1 Å². The van der Waals surface area contributed by atoms with E-state index in [0.29, 0.717) is 28.5 Å². The van der Waals surface area contributed by atoms with Gasteiger partial charge in [-0.2, -0.15) is 10.1 Å². The molecule has 1 saturated carbocycles. The number of hydrogen-bond acceptors (Lipinski definition) is 10. The Hall–Kier alpha value is -4.55. The van der Waals surface area contributed by atoms with Crippen molar-refractivity contribution in [1.29, 1.82) is 0 Å². The summed E-state index contributed by atoms with van der Waals surface area (Å²) in [5.74, 6) is -0.130. The highest BCUT2D eigenvalue weighted by Crippen LogP contribution is 2.37. The number of nitrogens with zero attached hydrogens (tertiary/aromatic N) is 7. The average molecular weight is 567 g/mol. The van der Waals surface area contributed by atoms with Crippen LogP contribution in [0.5, 0.6) is 0 Å². The zero-order chi connectivity index (χ0) is 28.8. The Bertz CT molecular complexity index is 1750. The van der Waals surface area contributed by atoms with Crippen molar-refractivity contribution in [3.05, 3.63) is 54.4 Å². The summed E-state index contributed by atoms with van der Waals surface area (Å²) < 4.78 is 7.86. The van der Waals surface area contributed by atoms with Crippen LogP contribution in [0.15, 0.2) is 53.2 Å². The van der Waals surface area contributed by atoms with Crippen LogP contribution >= 0.6 is 0 Å². The van der Waals surface area contributed by atoms with E-state index < -0.39 is 5.91 Å². The van der Waals surface area contributed by atoms with E-state index in [4.69, 9.17) is 21.0 Å². The van der Waals surface area contributed by atoms with Crippen molar-refractivity contribution < 1.29 is 9.21 Å². The number of hydrogen-bond donors (Lipinski definition) is 3. The molecule has 3 aromatic heterocycles. The lowest BCUT2D eigenvalue weighted by Crippen LogP contribution is -2.49. The fourth-order valence-electron chi connectivity index (χ4n) is 6.34. The fourth-order valence-corrected chi connectivity index (χ4v) is 6.34. The number of carbonyl (C=O) groups excluding carboxylic acids is 1. The number of benzene rings is 2. The van der Waals surface area contributed by atoms with E-state index in [-0.39, 0.29) is 12.1 Å². The summed E-state index contributed by atoms with van der Waals surface area (Å²) in [5, 5.41) is 9.02. The second kappa shape index (κ2) is 10.7. The molecule has 1 aliphatic heterocycles. The molecule has 0 unspecified atom stereocenters. The lowest BCUT2D eigenvalue weighted by Gasteiger charge is -2.41. The van der Waals surface area contributed by atoms with Gasteiger partial charge in [-0.3, -0.25) is 9.69 Å². The van der Waals surface area contributed by atoms with Crippen LogP contribution in [0.1, 0.15) is 42.1 Å². The Morgan fingerprint density at radius 1 is 0.976 bits per heavy atom. The van der Waals surface area contributed by atoms with Crippen molar-refractivity contribution in [1.82, 2.24) is 34.5 Å². The van der Waals surface area contributed by atoms with Crippen LogP contribution in [0, 0.1) is 0 Å². The van der Waals surface area contributed by atoms with Crippen LogP contribution in [0.3, 0.4) is 0 Å². The average Bonchev–Trinajstić information content (AvgIpc) is 3.60. The second-order valence-electron chi connectivity index (χ2n) is 11.3. The molecule has 1 amide bonds. The number of para-hydroxylation sites is 1. The number of likely N-dealkylation sites (N-methyl/N-ethyl adjacent to an activating group) is 1. The van der Waals surface area contributed by atoms with Gasteiger partial charge in [-0.15, -0.1) is 0 Å². The number of carbonyl (C=O) groups is 1. The maximum absolute atomic E-state index is 11.8. The van der Waals surface area contributed by atoms with Crippen LogP contribution in [0.25, 0.3) is 33.4 Å². The van der Waals surface area contributed by atoms with E-state index in [1.54, 1.807) is 18.2 Å². The van der Waals surface area contributed by atoms with Gasteiger partial charge in [0.1, 0.15) is 23.4 Å². The highest BCUT2D eigenvalue weighted by molar-refractivity contribution is 6.04. The van der Waals surface area contributed by atoms with Crippen molar-refractivity contribution in [3.8, 4) is 11.3 Å². The van der Waals surface area contributed by atoms with Gasteiger partial charge in [-0.1, -0.05) is 18.2 Å². The number of anilines is 3.